The lowest BCUT2D eigenvalue weighted by Gasteiger charge is -2.33. The van der Waals surface area contributed by atoms with Crippen LogP contribution in [0.3, 0.4) is 0 Å². The van der Waals surface area contributed by atoms with Crippen LogP contribution in [0, 0.1) is 11.3 Å². The number of hydrogen-bond acceptors (Lipinski definition) is 2. The van der Waals surface area contributed by atoms with E-state index in [1.54, 1.807) is 0 Å². The Labute approximate surface area is 121 Å². The molecule has 4 nitrogen and oxygen atoms in total. The molecule has 114 valence electrons. The molecule has 0 unspecified atom stereocenters. The third kappa shape index (κ3) is 3.97. The minimum absolute atomic E-state index is 0.0445. The summed E-state index contributed by atoms with van der Waals surface area (Å²) in [7, 11) is 0. The van der Waals surface area contributed by atoms with Crippen LogP contribution in [0.5, 0.6) is 0 Å². The first-order valence-corrected chi connectivity index (χ1v) is 8.12. The summed E-state index contributed by atoms with van der Waals surface area (Å²) < 4.78 is 0. The molecule has 2 rings (SSSR count). The van der Waals surface area contributed by atoms with Crippen molar-refractivity contribution in [2.45, 2.75) is 70.6 Å². The number of carboxylic acids is 1. The molecule has 0 radical (unpaired) electrons. The first-order chi connectivity index (χ1) is 9.62. The van der Waals surface area contributed by atoms with E-state index in [4.69, 9.17) is 0 Å². The van der Waals surface area contributed by atoms with Gasteiger partial charge in [0.25, 0.3) is 0 Å². The maximum Gasteiger partial charge on any atom is 0.311 e. The van der Waals surface area contributed by atoms with Gasteiger partial charge >= 0.3 is 5.97 Å². The second-order valence-electron chi connectivity index (χ2n) is 6.63. The van der Waals surface area contributed by atoms with Gasteiger partial charge in [0.1, 0.15) is 0 Å². The summed E-state index contributed by atoms with van der Waals surface area (Å²) in [5, 5.41) is 12.4. The zero-order valence-corrected chi connectivity index (χ0v) is 12.3. The van der Waals surface area contributed by atoms with E-state index in [9.17, 15) is 14.7 Å². The number of carbonyl (C=O) groups excluding carboxylic acids is 1. The van der Waals surface area contributed by atoms with Crippen LogP contribution in [-0.2, 0) is 9.59 Å². The summed E-state index contributed by atoms with van der Waals surface area (Å²) in [5.41, 5.74) is -0.708. The fourth-order valence-corrected chi connectivity index (χ4v) is 3.69. The smallest absolute Gasteiger partial charge is 0.311 e. The van der Waals surface area contributed by atoms with Crippen LogP contribution >= 0.6 is 0 Å². The molecule has 0 bridgehead atoms. The molecule has 1 amide bonds. The topological polar surface area (TPSA) is 66.4 Å². The van der Waals surface area contributed by atoms with Crippen LogP contribution in [0.1, 0.15) is 70.6 Å². The lowest BCUT2D eigenvalue weighted by Crippen LogP contribution is -2.44. The van der Waals surface area contributed by atoms with E-state index in [1.807, 2.05) is 0 Å². The van der Waals surface area contributed by atoms with Crippen molar-refractivity contribution in [1.29, 1.82) is 0 Å². The van der Waals surface area contributed by atoms with Crippen LogP contribution in [-0.4, -0.2) is 23.5 Å². The average Bonchev–Trinajstić information content (AvgIpc) is 2.47. The fourth-order valence-electron chi connectivity index (χ4n) is 3.69. The van der Waals surface area contributed by atoms with E-state index >= 15 is 0 Å². The van der Waals surface area contributed by atoms with Gasteiger partial charge in [-0.15, -0.1) is 0 Å². The minimum Gasteiger partial charge on any atom is -0.481 e. The molecule has 0 aromatic rings. The molecule has 2 N–H and O–H groups in total. The first kappa shape index (κ1) is 15.3. The van der Waals surface area contributed by atoms with Crippen molar-refractivity contribution >= 4 is 11.9 Å². The molecule has 0 aromatic heterocycles. The third-order valence-electron chi connectivity index (χ3n) is 5.09. The Hall–Kier alpha value is -1.06. The van der Waals surface area contributed by atoms with Gasteiger partial charge in [0, 0.05) is 13.0 Å². The lowest BCUT2D eigenvalue weighted by molar-refractivity contribution is -0.151. The van der Waals surface area contributed by atoms with Gasteiger partial charge in [-0.05, 0) is 31.6 Å². The van der Waals surface area contributed by atoms with Gasteiger partial charge < -0.3 is 10.4 Å². The highest BCUT2D eigenvalue weighted by molar-refractivity contribution is 5.79. The zero-order valence-electron chi connectivity index (χ0n) is 12.3. The molecule has 0 aliphatic heterocycles. The Morgan fingerprint density at radius 2 is 1.60 bits per heavy atom. The van der Waals surface area contributed by atoms with Crippen molar-refractivity contribution < 1.29 is 14.7 Å². The van der Waals surface area contributed by atoms with Crippen LogP contribution in [0.2, 0.25) is 0 Å². The van der Waals surface area contributed by atoms with Gasteiger partial charge in [-0.1, -0.05) is 38.5 Å². The molecular formula is C16H27NO3. The Morgan fingerprint density at radius 1 is 1.00 bits per heavy atom. The number of amides is 1. The van der Waals surface area contributed by atoms with Crippen molar-refractivity contribution in [3.8, 4) is 0 Å². The fraction of sp³-hybridized carbons (Fsp3) is 0.875. The molecule has 0 saturated heterocycles. The van der Waals surface area contributed by atoms with E-state index in [-0.39, 0.29) is 5.91 Å². The van der Waals surface area contributed by atoms with Crippen LogP contribution in [0.4, 0.5) is 0 Å². The van der Waals surface area contributed by atoms with Gasteiger partial charge in [0.2, 0.25) is 5.91 Å². The van der Waals surface area contributed by atoms with Crippen molar-refractivity contribution in [3.63, 3.8) is 0 Å². The molecule has 0 atom stereocenters. The number of carbonyl (C=O) groups is 2. The first-order valence-electron chi connectivity index (χ1n) is 8.12. The number of rotatable bonds is 5. The maximum atomic E-state index is 12.0. The van der Waals surface area contributed by atoms with Crippen molar-refractivity contribution in [3.05, 3.63) is 0 Å². The molecule has 2 fully saturated rings. The van der Waals surface area contributed by atoms with Crippen molar-refractivity contribution in [2.24, 2.45) is 11.3 Å². The van der Waals surface area contributed by atoms with Crippen molar-refractivity contribution in [2.75, 3.05) is 6.54 Å². The quantitative estimate of drug-likeness (QED) is 0.813. The average molecular weight is 281 g/mol. The minimum atomic E-state index is -0.741. The molecule has 2 aliphatic carbocycles. The highest BCUT2D eigenvalue weighted by Crippen LogP contribution is 2.36. The largest absolute Gasteiger partial charge is 0.481 e. The molecule has 0 aromatic carbocycles. The molecule has 20 heavy (non-hydrogen) atoms. The predicted molar refractivity (Wildman–Crippen MR) is 77.4 cm³/mol. The van der Waals surface area contributed by atoms with Gasteiger partial charge in [0.05, 0.1) is 5.41 Å². The van der Waals surface area contributed by atoms with Crippen molar-refractivity contribution in [1.82, 2.24) is 5.32 Å². The third-order valence-corrected chi connectivity index (χ3v) is 5.09. The lowest BCUT2D eigenvalue weighted by atomic mass is 9.74. The van der Waals surface area contributed by atoms with E-state index in [0.29, 0.717) is 31.7 Å². The van der Waals surface area contributed by atoms with Crippen LogP contribution in [0.25, 0.3) is 0 Å². The molecular weight excluding hydrogens is 254 g/mol. The molecule has 4 heteroatoms. The summed E-state index contributed by atoms with van der Waals surface area (Å²) in [5.74, 6) is -0.186. The Morgan fingerprint density at radius 3 is 2.20 bits per heavy atom. The Balaban J connectivity index is 1.79. The summed E-state index contributed by atoms with van der Waals surface area (Å²) in [6.45, 7) is 0.313. The molecule has 0 spiro atoms. The van der Waals surface area contributed by atoms with E-state index in [0.717, 1.165) is 32.1 Å². The molecule has 2 saturated carbocycles. The second kappa shape index (κ2) is 7.09. The monoisotopic (exact) mass is 281 g/mol. The van der Waals surface area contributed by atoms with Crippen LogP contribution in [0.15, 0.2) is 0 Å². The summed E-state index contributed by atoms with van der Waals surface area (Å²) in [6, 6.07) is 0. The highest BCUT2D eigenvalue weighted by atomic mass is 16.4. The van der Waals surface area contributed by atoms with E-state index < -0.39 is 11.4 Å². The summed E-state index contributed by atoms with van der Waals surface area (Å²) in [4.78, 5) is 23.5. The zero-order chi connectivity index (χ0) is 14.4. The summed E-state index contributed by atoms with van der Waals surface area (Å²) in [6.07, 6.45) is 11.1. The van der Waals surface area contributed by atoms with Gasteiger partial charge in [-0.2, -0.15) is 0 Å². The van der Waals surface area contributed by atoms with E-state index in [1.165, 1.54) is 19.3 Å². The Bertz CT molecular complexity index is 342. The van der Waals surface area contributed by atoms with Gasteiger partial charge in [-0.25, -0.2) is 0 Å². The second-order valence-corrected chi connectivity index (χ2v) is 6.63. The highest BCUT2D eigenvalue weighted by Gasteiger charge is 2.39. The number of aliphatic carboxylic acids is 1. The standard InChI is InChI=1S/C16H27NO3/c18-14(11-13-7-3-1-4-8-13)17-12-16(15(19)20)9-5-2-6-10-16/h13H,1-12H2,(H,17,18)(H,19,20). The van der Waals surface area contributed by atoms with Crippen LogP contribution < -0.4 is 5.32 Å². The molecule has 2 aliphatic rings. The Kier molecular flexibility index (Phi) is 5.44. The number of hydrogen-bond donors (Lipinski definition) is 2. The summed E-state index contributed by atoms with van der Waals surface area (Å²) >= 11 is 0. The SMILES string of the molecule is O=C(CC1CCCCC1)NCC1(C(=O)O)CCCCC1. The predicted octanol–water partition coefficient (Wildman–Crippen LogP) is 3.11. The number of carboxylic acid groups (broad SMARTS) is 1. The number of nitrogens with one attached hydrogen (secondary N) is 1. The normalized spacial score (nSPS) is 23.2. The van der Waals surface area contributed by atoms with Gasteiger partial charge in [-0.3, -0.25) is 9.59 Å². The molecule has 0 heterocycles. The van der Waals surface area contributed by atoms with E-state index in [2.05, 4.69) is 5.32 Å². The van der Waals surface area contributed by atoms with Gasteiger partial charge in [0.15, 0.2) is 0 Å². The maximum absolute atomic E-state index is 12.0.